The Balaban J connectivity index is 2.20. The molecular weight excluding hydrogens is 276 g/mol. The van der Waals surface area contributed by atoms with Crippen LogP contribution in [0.5, 0.6) is 0 Å². The lowest BCUT2D eigenvalue weighted by atomic mass is 9.80. The van der Waals surface area contributed by atoms with E-state index in [0.717, 1.165) is 37.7 Å². The quantitative estimate of drug-likeness (QED) is 0.650. The van der Waals surface area contributed by atoms with Crippen LogP contribution in [0.2, 0.25) is 0 Å². The molecule has 0 saturated heterocycles. The van der Waals surface area contributed by atoms with E-state index in [0.29, 0.717) is 16.9 Å². The van der Waals surface area contributed by atoms with E-state index in [4.69, 9.17) is 16.2 Å². The number of benzene rings is 1. The SMILES string of the molecule is CCC(C)(C)c1c(N)cc(C(=O)OC2CCCCC2)cc1N. The van der Waals surface area contributed by atoms with Crippen molar-refractivity contribution < 1.29 is 9.53 Å². The van der Waals surface area contributed by atoms with Gasteiger partial charge < -0.3 is 16.2 Å². The maximum absolute atomic E-state index is 12.3. The molecule has 1 fully saturated rings. The Labute approximate surface area is 133 Å². The molecule has 0 bridgehead atoms. The number of nitrogen functional groups attached to an aromatic ring is 2. The second-order valence-electron chi connectivity index (χ2n) is 6.93. The van der Waals surface area contributed by atoms with Crippen LogP contribution in [0.4, 0.5) is 11.4 Å². The van der Waals surface area contributed by atoms with Gasteiger partial charge in [0.15, 0.2) is 0 Å². The highest BCUT2D eigenvalue weighted by molar-refractivity contribution is 5.92. The predicted molar refractivity (Wildman–Crippen MR) is 90.9 cm³/mol. The van der Waals surface area contributed by atoms with Gasteiger partial charge in [-0.3, -0.25) is 0 Å². The minimum absolute atomic E-state index is 0.0375. The van der Waals surface area contributed by atoms with E-state index in [1.165, 1.54) is 6.42 Å². The largest absolute Gasteiger partial charge is 0.459 e. The van der Waals surface area contributed by atoms with E-state index in [1.54, 1.807) is 12.1 Å². The fourth-order valence-electron chi connectivity index (χ4n) is 3.17. The first kappa shape index (κ1) is 16.7. The summed E-state index contributed by atoms with van der Waals surface area (Å²) in [7, 11) is 0. The molecule has 0 radical (unpaired) electrons. The molecule has 2 rings (SSSR count). The van der Waals surface area contributed by atoms with E-state index < -0.39 is 0 Å². The van der Waals surface area contributed by atoms with E-state index in [1.807, 2.05) is 0 Å². The van der Waals surface area contributed by atoms with Crippen LogP contribution in [-0.2, 0) is 10.2 Å². The van der Waals surface area contributed by atoms with Crippen LogP contribution in [0.15, 0.2) is 12.1 Å². The zero-order valence-electron chi connectivity index (χ0n) is 13.9. The molecule has 0 spiro atoms. The Morgan fingerprint density at radius 2 is 1.73 bits per heavy atom. The van der Waals surface area contributed by atoms with Gasteiger partial charge in [0, 0.05) is 16.9 Å². The molecule has 22 heavy (non-hydrogen) atoms. The van der Waals surface area contributed by atoms with Crippen molar-refractivity contribution in [2.24, 2.45) is 0 Å². The lowest BCUT2D eigenvalue weighted by Crippen LogP contribution is -2.23. The molecule has 4 N–H and O–H groups in total. The van der Waals surface area contributed by atoms with Crippen molar-refractivity contribution in [3.63, 3.8) is 0 Å². The van der Waals surface area contributed by atoms with Crippen molar-refractivity contribution in [2.75, 3.05) is 11.5 Å². The number of hydrogen-bond acceptors (Lipinski definition) is 4. The maximum Gasteiger partial charge on any atom is 0.338 e. The third-order valence-electron chi connectivity index (χ3n) is 4.82. The van der Waals surface area contributed by atoms with Gasteiger partial charge in [-0.25, -0.2) is 4.79 Å². The third-order valence-corrected chi connectivity index (χ3v) is 4.82. The van der Waals surface area contributed by atoms with Crippen molar-refractivity contribution in [3.05, 3.63) is 23.3 Å². The highest BCUT2D eigenvalue weighted by Gasteiger charge is 2.26. The summed E-state index contributed by atoms with van der Waals surface area (Å²) in [5.41, 5.74) is 14.7. The van der Waals surface area contributed by atoms with Gasteiger partial charge >= 0.3 is 5.97 Å². The van der Waals surface area contributed by atoms with Gasteiger partial charge in [-0.1, -0.05) is 27.2 Å². The van der Waals surface area contributed by atoms with E-state index in [2.05, 4.69) is 20.8 Å². The summed E-state index contributed by atoms with van der Waals surface area (Å²) in [4.78, 5) is 12.3. The van der Waals surface area contributed by atoms with Gasteiger partial charge in [0.05, 0.1) is 5.56 Å². The summed E-state index contributed by atoms with van der Waals surface area (Å²) in [6.07, 6.45) is 6.37. The number of ether oxygens (including phenoxy) is 1. The fourth-order valence-corrected chi connectivity index (χ4v) is 3.17. The Bertz CT molecular complexity index is 523. The molecular formula is C18H28N2O2. The van der Waals surface area contributed by atoms with Gasteiger partial charge in [-0.2, -0.15) is 0 Å². The first-order valence-corrected chi connectivity index (χ1v) is 8.25. The lowest BCUT2D eigenvalue weighted by molar-refractivity contribution is 0.0211. The number of rotatable bonds is 4. The van der Waals surface area contributed by atoms with Crippen molar-refractivity contribution in [3.8, 4) is 0 Å². The highest BCUT2D eigenvalue weighted by atomic mass is 16.5. The summed E-state index contributed by atoms with van der Waals surface area (Å²) < 4.78 is 5.59. The standard InChI is InChI=1S/C18H28N2O2/c1-4-18(2,3)16-14(19)10-12(11-15(16)20)17(21)22-13-8-6-5-7-9-13/h10-11,13H,4-9,19-20H2,1-3H3. The Morgan fingerprint density at radius 1 is 1.18 bits per heavy atom. The third kappa shape index (κ3) is 3.54. The van der Waals surface area contributed by atoms with Gasteiger partial charge in [0.2, 0.25) is 0 Å². The first-order valence-electron chi connectivity index (χ1n) is 8.25. The highest BCUT2D eigenvalue weighted by Crippen LogP contribution is 2.36. The molecule has 1 aliphatic carbocycles. The molecule has 0 aliphatic heterocycles. The Hall–Kier alpha value is -1.71. The molecule has 0 atom stereocenters. The van der Waals surface area contributed by atoms with E-state index in [9.17, 15) is 4.79 Å². The Kier molecular flexibility index (Phi) is 4.99. The van der Waals surface area contributed by atoms with Crippen LogP contribution in [0.3, 0.4) is 0 Å². The van der Waals surface area contributed by atoms with Crippen LogP contribution in [-0.4, -0.2) is 12.1 Å². The maximum atomic E-state index is 12.3. The number of anilines is 2. The molecule has 122 valence electrons. The minimum atomic E-state index is -0.314. The molecule has 1 aromatic carbocycles. The van der Waals surface area contributed by atoms with E-state index >= 15 is 0 Å². The number of esters is 1. The molecule has 0 heterocycles. The zero-order chi connectivity index (χ0) is 16.3. The van der Waals surface area contributed by atoms with Crippen molar-refractivity contribution in [1.29, 1.82) is 0 Å². The topological polar surface area (TPSA) is 78.3 Å². The average Bonchev–Trinajstić information content (AvgIpc) is 2.47. The van der Waals surface area contributed by atoms with Crippen LogP contribution >= 0.6 is 0 Å². The summed E-state index contributed by atoms with van der Waals surface area (Å²) >= 11 is 0. The lowest BCUT2D eigenvalue weighted by Gasteiger charge is -2.27. The normalized spacial score (nSPS) is 16.5. The molecule has 0 amide bonds. The van der Waals surface area contributed by atoms with Crippen LogP contribution in [0, 0.1) is 0 Å². The number of carbonyl (C=O) groups is 1. The smallest absolute Gasteiger partial charge is 0.338 e. The van der Waals surface area contributed by atoms with Crippen LogP contribution in [0.25, 0.3) is 0 Å². The summed E-state index contributed by atoms with van der Waals surface area (Å²) in [6, 6.07) is 3.41. The number of nitrogens with two attached hydrogens (primary N) is 2. The van der Waals surface area contributed by atoms with Gasteiger partial charge in [0.25, 0.3) is 0 Å². The van der Waals surface area contributed by atoms with Crippen LogP contribution < -0.4 is 11.5 Å². The fraction of sp³-hybridized carbons (Fsp3) is 0.611. The summed E-state index contributed by atoms with van der Waals surface area (Å²) in [5.74, 6) is -0.314. The molecule has 0 aromatic heterocycles. The Morgan fingerprint density at radius 3 is 2.23 bits per heavy atom. The predicted octanol–water partition coefficient (Wildman–Crippen LogP) is 4.03. The van der Waals surface area contributed by atoms with Crippen molar-refractivity contribution in [1.82, 2.24) is 0 Å². The molecule has 0 unspecified atom stereocenters. The summed E-state index contributed by atoms with van der Waals surface area (Å²) in [6.45, 7) is 6.31. The molecule has 1 aliphatic rings. The van der Waals surface area contributed by atoms with Gasteiger partial charge in [-0.05, 0) is 49.7 Å². The number of carbonyl (C=O) groups excluding carboxylic acids is 1. The first-order chi connectivity index (χ1) is 10.3. The van der Waals surface area contributed by atoms with Gasteiger partial charge in [0.1, 0.15) is 6.10 Å². The van der Waals surface area contributed by atoms with E-state index in [-0.39, 0.29) is 17.5 Å². The van der Waals surface area contributed by atoms with Crippen molar-refractivity contribution in [2.45, 2.75) is 70.8 Å². The molecule has 4 heteroatoms. The van der Waals surface area contributed by atoms with Crippen molar-refractivity contribution >= 4 is 17.3 Å². The average molecular weight is 304 g/mol. The number of hydrogen-bond donors (Lipinski definition) is 2. The van der Waals surface area contributed by atoms with Gasteiger partial charge in [-0.15, -0.1) is 0 Å². The monoisotopic (exact) mass is 304 g/mol. The van der Waals surface area contributed by atoms with Crippen LogP contribution in [0.1, 0.15) is 75.2 Å². The summed E-state index contributed by atoms with van der Waals surface area (Å²) in [5, 5.41) is 0. The zero-order valence-corrected chi connectivity index (χ0v) is 13.9. The second kappa shape index (κ2) is 6.59. The molecule has 1 saturated carbocycles. The second-order valence-corrected chi connectivity index (χ2v) is 6.93. The minimum Gasteiger partial charge on any atom is -0.459 e. The molecule has 1 aromatic rings. The molecule has 4 nitrogen and oxygen atoms in total.